The van der Waals surface area contributed by atoms with E-state index in [0.29, 0.717) is 6.54 Å². The topological polar surface area (TPSA) is 66.7 Å². The Kier molecular flexibility index (Phi) is 6.82. The second-order valence-corrected chi connectivity index (χ2v) is 6.01. The maximum atomic E-state index is 5.34. The fraction of sp³-hybridized carbons (Fsp3) is 0.444. The van der Waals surface area contributed by atoms with E-state index in [0.717, 1.165) is 23.9 Å². The molecule has 1 atom stereocenters. The van der Waals surface area contributed by atoms with Gasteiger partial charge in [0, 0.05) is 26.8 Å². The van der Waals surface area contributed by atoms with Gasteiger partial charge in [0.15, 0.2) is 5.96 Å². The minimum absolute atomic E-state index is 0.199. The summed E-state index contributed by atoms with van der Waals surface area (Å²) in [5.41, 5.74) is 2.29. The van der Waals surface area contributed by atoms with Crippen LogP contribution in [0.2, 0.25) is 0 Å². The van der Waals surface area contributed by atoms with Gasteiger partial charge in [-0.3, -0.25) is 9.67 Å². The monoisotopic (exact) mass is 344 g/mol. The van der Waals surface area contributed by atoms with Crippen molar-refractivity contribution in [3.8, 4) is 5.75 Å². The Morgan fingerprint density at radius 1 is 1.32 bits per heavy atom. The minimum atomic E-state index is 0.199. The van der Waals surface area contributed by atoms with Crippen LogP contribution in [0, 0.1) is 0 Å². The standard InChI is InChI=1S/C18H28N6O/c1-19-18(20-12-15-9-10-22-24(15)4)21-13-17(23(2)3)14-7-6-8-16(11-14)25-5/h6-11,17H,12-13H2,1-5H3,(H2,19,20,21). The zero-order valence-electron chi connectivity index (χ0n) is 15.7. The number of guanidine groups is 1. The van der Waals surface area contributed by atoms with E-state index in [1.807, 2.05) is 29.9 Å². The first kappa shape index (κ1) is 18.8. The van der Waals surface area contributed by atoms with E-state index in [9.17, 15) is 0 Å². The van der Waals surface area contributed by atoms with Crippen LogP contribution in [-0.4, -0.2) is 55.4 Å². The number of methoxy groups -OCH3 is 1. The summed E-state index contributed by atoms with van der Waals surface area (Å²) in [5.74, 6) is 1.62. The van der Waals surface area contributed by atoms with Gasteiger partial charge in [-0.05, 0) is 37.9 Å². The lowest BCUT2D eigenvalue weighted by Gasteiger charge is -2.26. The van der Waals surface area contributed by atoms with Crippen LogP contribution in [0.15, 0.2) is 41.5 Å². The maximum absolute atomic E-state index is 5.34. The van der Waals surface area contributed by atoms with Gasteiger partial charge in [-0.1, -0.05) is 12.1 Å². The van der Waals surface area contributed by atoms with Crippen LogP contribution in [0.3, 0.4) is 0 Å². The number of aromatic nitrogens is 2. The molecule has 1 heterocycles. The van der Waals surface area contributed by atoms with E-state index in [2.05, 4.69) is 51.9 Å². The van der Waals surface area contributed by atoms with Crippen molar-refractivity contribution in [2.75, 3.05) is 34.8 Å². The summed E-state index contributed by atoms with van der Waals surface area (Å²) in [6.07, 6.45) is 1.79. The Hall–Kier alpha value is -2.54. The van der Waals surface area contributed by atoms with E-state index in [1.54, 1.807) is 20.4 Å². The maximum Gasteiger partial charge on any atom is 0.191 e. The summed E-state index contributed by atoms with van der Waals surface area (Å²) in [5, 5.41) is 10.9. The van der Waals surface area contributed by atoms with Crippen molar-refractivity contribution in [3.63, 3.8) is 0 Å². The van der Waals surface area contributed by atoms with Crippen molar-refractivity contribution in [2.45, 2.75) is 12.6 Å². The fourth-order valence-corrected chi connectivity index (χ4v) is 2.61. The summed E-state index contributed by atoms with van der Waals surface area (Å²) in [7, 11) is 9.52. The van der Waals surface area contributed by atoms with Crippen LogP contribution < -0.4 is 15.4 Å². The number of rotatable bonds is 7. The van der Waals surface area contributed by atoms with Crippen LogP contribution in [0.5, 0.6) is 5.75 Å². The number of nitrogens with one attached hydrogen (secondary N) is 2. The molecule has 2 N–H and O–H groups in total. The number of nitrogens with zero attached hydrogens (tertiary/aromatic N) is 4. The number of aliphatic imine (C=N–C) groups is 1. The lowest BCUT2D eigenvalue weighted by Crippen LogP contribution is -2.41. The largest absolute Gasteiger partial charge is 0.497 e. The van der Waals surface area contributed by atoms with Crippen molar-refractivity contribution in [1.82, 2.24) is 25.3 Å². The van der Waals surface area contributed by atoms with Crippen molar-refractivity contribution in [2.24, 2.45) is 12.0 Å². The molecule has 7 heteroatoms. The normalized spacial score (nSPS) is 13.0. The van der Waals surface area contributed by atoms with E-state index < -0.39 is 0 Å². The average Bonchev–Trinajstić information content (AvgIpc) is 3.02. The number of ether oxygens (including phenoxy) is 1. The van der Waals surface area contributed by atoms with Crippen LogP contribution in [0.4, 0.5) is 0 Å². The third kappa shape index (κ3) is 5.22. The number of benzene rings is 1. The van der Waals surface area contributed by atoms with Crippen LogP contribution in [0.25, 0.3) is 0 Å². The highest BCUT2D eigenvalue weighted by atomic mass is 16.5. The van der Waals surface area contributed by atoms with Crippen molar-refractivity contribution in [3.05, 3.63) is 47.8 Å². The van der Waals surface area contributed by atoms with Crippen LogP contribution in [-0.2, 0) is 13.6 Å². The third-order valence-corrected chi connectivity index (χ3v) is 4.15. The quantitative estimate of drug-likeness (QED) is 0.587. The molecular weight excluding hydrogens is 316 g/mol. The molecule has 0 fully saturated rings. The fourth-order valence-electron chi connectivity index (χ4n) is 2.61. The Morgan fingerprint density at radius 3 is 2.72 bits per heavy atom. The van der Waals surface area contributed by atoms with Gasteiger partial charge in [0.05, 0.1) is 25.4 Å². The van der Waals surface area contributed by atoms with Gasteiger partial charge in [0.2, 0.25) is 0 Å². The number of hydrogen-bond acceptors (Lipinski definition) is 4. The first-order chi connectivity index (χ1) is 12.0. The Balaban J connectivity index is 1.97. The summed E-state index contributed by atoms with van der Waals surface area (Å²) in [6, 6.07) is 10.3. The number of hydrogen-bond donors (Lipinski definition) is 2. The van der Waals surface area contributed by atoms with Gasteiger partial charge >= 0.3 is 0 Å². The number of likely N-dealkylation sites (N-methyl/N-ethyl adjacent to an activating group) is 1. The SMILES string of the molecule is CN=C(NCc1ccnn1C)NCC(c1cccc(OC)c1)N(C)C. The lowest BCUT2D eigenvalue weighted by molar-refractivity contribution is 0.297. The molecule has 2 rings (SSSR count). The zero-order valence-corrected chi connectivity index (χ0v) is 15.7. The van der Waals surface area contributed by atoms with Crippen molar-refractivity contribution < 1.29 is 4.74 Å². The second-order valence-electron chi connectivity index (χ2n) is 6.01. The Morgan fingerprint density at radius 2 is 2.12 bits per heavy atom. The minimum Gasteiger partial charge on any atom is -0.497 e. The Labute approximate surface area is 149 Å². The van der Waals surface area contributed by atoms with Crippen molar-refractivity contribution in [1.29, 1.82) is 0 Å². The number of aryl methyl sites for hydroxylation is 1. The average molecular weight is 344 g/mol. The van der Waals surface area contributed by atoms with Gasteiger partial charge in [0.25, 0.3) is 0 Å². The van der Waals surface area contributed by atoms with Gasteiger partial charge < -0.3 is 20.3 Å². The smallest absolute Gasteiger partial charge is 0.191 e. The predicted molar refractivity (Wildman–Crippen MR) is 101 cm³/mol. The molecule has 136 valence electrons. The third-order valence-electron chi connectivity index (χ3n) is 4.15. The molecule has 1 aromatic carbocycles. The molecule has 0 aliphatic carbocycles. The zero-order chi connectivity index (χ0) is 18.2. The van der Waals surface area contributed by atoms with E-state index in [4.69, 9.17) is 4.74 Å². The molecule has 25 heavy (non-hydrogen) atoms. The molecule has 7 nitrogen and oxygen atoms in total. The molecular formula is C18H28N6O. The summed E-state index contributed by atoms with van der Waals surface area (Å²) >= 11 is 0. The summed E-state index contributed by atoms with van der Waals surface area (Å²) in [4.78, 5) is 6.47. The second kappa shape index (κ2) is 9.08. The molecule has 0 saturated carbocycles. The molecule has 0 saturated heterocycles. The van der Waals surface area contributed by atoms with Gasteiger partial charge in [0.1, 0.15) is 5.75 Å². The van der Waals surface area contributed by atoms with E-state index >= 15 is 0 Å². The summed E-state index contributed by atoms with van der Waals surface area (Å²) < 4.78 is 7.19. The molecule has 0 aliphatic rings. The lowest BCUT2D eigenvalue weighted by atomic mass is 10.1. The summed E-state index contributed by atoms with van der Waals surface area (Å²) in [6.45, 7) is 1.40. The van der Waals surface area contributed by atoms with Gasteiger partial charge in [-0.15, -0.1) is 0 Å². The Bertz CT molecular complexity index is 694. The van der Waals surface area contributed by atoms with Crippen LogP contribution >= 0.6 is 0 Å². The van der Waals surface area contributed by atoms with Gasteiger partial charge in [-0.2, -0.15) is 5.10 Å². The molecule has 2 aromatic rings. The highest BCUT2D eigenvalue weighted by Crippen LogP contribution is 2.22. The first-order valence-corrected chi connectivity index (χ1v) is 8.27. The molecule has 0 amide bonds. The van der Waals surface area contributed by atoms with E-state index in [-0.39, 0.29) is 6.04 Å². The molecule has 0 aliphatic heterocycles. The molecule has 1 aromatic heterocycles. The molecule has 0 bridgehead atoms. The highest BCUT2D eigenvalue weighted by molar-refractivity contribution is 5.79. The highest BCUT2D eigenvalue weighted by Gasteiger charge is 2.15. The predicted octanol–water partition coefficient (Wildman–Crippen LogP) is 1.40. The van der Waals surface area contributed by atoms with Gasteiger partial charge in [-0.25, -0.2) is 0 Å². The van der Waals surface area contributed by atoms with E-state index in [1.165, 1.54) is 5.56 Å². The first-order valence-electron chi connectivity index (χ1n) is 8.27. The van der Waals surface area contributed by atoms with Crippen molar-refractivity contribution >= 4 is 5.96 Å². The molecule has 0 radical (unpaired) electrons. The molecule has 1 unspecified atom stereocenters. The van der Waals surface area contributed by atoms with Crippen LogP contribution in [0.1, 0.15) is 17.3 Å². The molecule has 0 spiro atoms.